The van der Waals surface area contributed by atoms with E-state index in [0.29, 0.717) is 11.3 Å². The molecular formula is C9H15Cl2FN2. The maximum Gasteiger partial charge on any atom is 0.123 e. The van der Waals surface area contributed by atoms with E-state index >= 15 is 0 Å². The molecule has 0 radical (unpaired) electrons. The summed E-state index contributed by atoms with van der Waals surface area (Å²) >= 11 is 0. The molecule has 2 nitrogen and oxygen atoms in total. The van der Waals surface area contributed by atoms with Crippen molar-refractivity contribution >= 4 is 30.5 Å². The first kappa shape index (κ1) is 15.9. The normalized spacial score (nSPS) is 11.1. The van der Waals surface area contributed by atoms with Crippen LogP contribution in [0.3, 0.4) is 0 Å². The van der Waals surface area contributed by atoms with E-state index in [1.807, 2.05) is 6.92 Å². The number of nitrogens with two attached hydrogens (primary N) is 2. The zero-order valence-corrected chi connectivity index (χ0v) is 9.50. The number of anilines is 1. The van der Waals surface area contributed by atoms with Gasteiger partial charge in [0.2, 0.25) is 0 Å². The van der Waals surface area contributed by atoms with Crippen LogP contribution in [0.25, 0.3) is 0 Å². The van der Waals surface area contributed by atoms with Crippen LogP contribution in [-0.4, -0.2) is 0 Å². The standard InChI is InChI=1S/C9H13FN2.2ClH/c1-2-8(11)7-5-6(10)3-4-9(7)12;;/h3-5,8H,2,11-12H2,1H3;2*1H/t8-;;/m1../s1. The van der Waals surface area contributed by atoms with Crippen molar-refractivity contribution < 1.29 is 4.39 Å². The smallest absolute Gasteiger partial charge is 0.123 e. The summed E-state index contributed by atoms with van der Waals surface area (Å²) in [6.45, 7) is 1.94. The summed E-state index contributed by atoms with van der Waals surface area (Å²) in [4.78, 5) is 0. The summed E-state index contributed by atoms with van der Waals surface area (Å²) in [6, 6.07) is 4.10. The molecule has 0 bridgehead atoms. The van der Waals surface area contributed by atoms with Crippen molar-refractivity contribution in [3.05, 3.63) is 29.6 Å². The van der Waals surface area contributed by atoms with E-state index in [0.717, 1.165) is 6.42 Å². The van der Waals surface area contributed by atoms with E-state index in [2.05, 4.69) is 0 Å². The molecule has 1 atom stereocenters. The predicted octanol–water partition coefficient (Wildman–Crippen LogP) is 2.66. The Morgan fingerprint density at radius 1 is 1.36 bits per heavy atom. The van der Waals surface area contributed by atoms with Gasteiger partial charge in [-0.05, 0) is 30.2 Å². The largest absolute Gasteiger partial charge is 0.398 e. The van der Waals surface area contributed by atoms with Gasteiger partial charge in [0, 0.05) is 11.7 Å². The van der Waals surface area contributed by atoms with Crippen LogP contribution in [0.2, 0.25) is 0 Å². The van der Waals surface area contributed by atoms with Gasteiger partial charge in [0.25, 0.3) is 0 Å². The molecule has 0 aromatic heterocycles. The second-order valence-electron chi connectivity index (χ2n) is 2.79. The molecule has 14 heavy (non-hydrogen) atoms. The van der Waals surface area contributed by atoms with Gasteiger partial charge in [0.1, 0.15) is 5.82 Å². The average molecular weight is 241 g/mol. The van der Waals surface area contributed by atoms with Crippen LogP contribution in [0.1, 0.15) is 24.9 Å². The fourth-order valence-corrected chi connectivity index (χ4v) is 1.09. The van der Waals surface area contributed by atoms with Gasteiger partial charge in [0.15, 0.2) is 0 Å². The Morgan fingerprint density at radius 2 is 1.93 bits per heavy atom. The molecule has 0 amide bonds. The van der Waals surface area contributed by atoms with Crippen molar-refractivity contribution in [2.24, 2.45) is 5.73 Å². The van der Waals surface area contributed by atoms with Gasteiger partial charge in [-0.3, -0.25) is 0 Å². The van der Waals surface area contributed by atoms with Crippen LogP contribution in [0.15, 0.2) is 18.2 Å². The summed E-state index contributed by atoms with van der Waals surface area (Å²) in [5.74, 6) is -0.289. The molecule has 4 N–H and O–H groups in total. The van der Waals surface area contributed by atoms with Crippen LogP contribution in [0.5, 0.6) is 0 Å². The molecule has 1 rings (SSSR count). The van der Waals surface area contributed by atoms with E-state index in [-0.39, 0.29) is 36.7 Å². The minimum absolute atomic E-state index is 0. The summed E-state index contributed by atoms with van der Waals surface area (Å²) in [5, 5.41) is 0. The van der Waals surface area contributed by atoms with Crippen molar-refractivity contribution in [3.8, 4) is 0 Å². The van der Waals surface area contributed by atoms with E-state index in [4.69, 9.17) is 11.5 Å². The Kier molecular flexibility index (Phi) is 7.82. The molecule has 0 heterocycles. The van der Waals surface area contributed by atoms with Gasteiger partial charge in [0.05, 0.1) is 0 Å². The fraction of sp³-hybridized carbons (Fsp3) is 0.333. The van der Waals surface area contributed by atoms with Crippen LogP contribution in [0.4, 0.5) is 10.1 Å². The van der Waals surface area contributed by atoms with Gasteiger partial charge in [-0.1, -0.05) is 6.92 Å². The molecule has 1 aromatic carbocycles. The summed E-state index contributed by atoms with van der Waals surface area (Å²) in [6.07, 6.45) is 0.758. The van der Waals surface area contributed by atoms with Crippen molar-refractivity contribution in [1.29, 1.82) is 0 Å². The Balaban J connectivity index is 0. The first-order chi connectivity index (χ1) is 5.65. The van der Waals surface area contributed by atoms with Gasteiger partial charge >= 0.3 is 0 Å². The average Bonchev–Trinajstić information content (AvgIpc) is 2.08. The Bertz CT molecular complexity index is 282. The van der Waals surface area contributed by atoms with Crippen molar-refractivity contribution in [2.45, 2.75) is 19.4 Å². The molecule has 0 aliphatic rings. The second kappa shape index (κ2) is 6.87. The lowest BCUT2D eigenvalue weighted by molar-refractivity contribution is 0.617. The monoisotopic (exact) mass is 240 g/mol. The van der Waals surface area contributed by atoms with Gasteiger partial charge in [-0.2, -0.15) is 0 Å². The topological polar surface area (TPSA) is 52.0 Å². The molecule has 0 spiro atoms. The minimum atomic E-state index is -0.289. The number of nitrogen functional groups attached to an aromatic ring is 1. The third-order valence-electron chi connectivity index (χ3n) is 1.89. The second-order valence-corrected chi connectivity index (χ2v) is 2.79. The van der Waals surface area contributed by atoms with Gasteiger partial charge in [-0.15, -0.1) is 24.8 Å². The zero-order chi connectivity index (χ0) is 9.14. The highest BCUT2D eigenvalue weighted by molar-refractivity contribution is 5.85. The van der Waals surface area contributed by atoms with Crippen molar-refractivity contribution in [1.82, 2.24) is 0 Å². The molecule has 0 saturated heterocycles. The molecule has 0 saturated carbocycles. The number of halogens is 3. The van der Waals surface area contributed by atoms with E-state index in [1.165, 1.54) is 12.1 Å². The fourth-order valence-electron chi connectivity index (χ4n) is 1.09. The minimum Gasteiger partial charge on any atom is -0.398 e. The first-order valence-electron chi connectivity index (χ1n) is 3.95. The summed E-state index contributed by atoms with van der Waals surface area (Å²) < 4.78 is 12.7. The molecule has 0 unspecified atom stereocenters. The Labute approximate surface area is 95.7 Å². The van der Waals surface area contributed by atoms with Gasteiger partial charge < -0.3 is 11.5 Å². The zero-order valence-electron chi connectivity index (χ0n) is 7.87. The van der Waals surface area contributed by atoms with E-state index in [9.17, 15) is 4.39 Å². The molecule has 0 aliphatic heterocycles. The van der Waals surface area contributed by atoms with E-state index < -0.39 is 0 Å². The third kappa shape index (κ3) is 3.70. The molecular weight excluding hydrogens is 226 g/mol. The number of benzene rings is 1. The third-order valence-corrected chi connectivity index (χ3v) is 1.89. The maximum atomic E-state index is 12.7. The lowest BCUT2D eigenvalue weighted by Crippen LogP contribution is -2.11. The van der Waals surface area contributed by atoms with Gasteiger partial charge in [-0.25, -0.2) is 4.39 Å². The van der Waals surface area contributed by atoms with Crippen LogP contribution in [0, 0.1) is 5.82 Å². The van der Waals surface area contributed by atoms with Crippen LogP contribution < -0.4 is 11.5 Å². The SMILES string of the molecule is CC[C@@H](N)c1cc(F)ccc1N.Cl.Cl. The number of rotatable bonds is 2. The molecule has 82 valence electrons. The highest BCUT2D eigenvalue weighted by atomic mass is 35.5. The lowest BCUT2D eigenvalue weighted by Gasteiger charge is -2.11. The molecule has 1 aromatic rings. The quantitative estimate of drug-likeness (QED) is 0.782. The first-order valence-corrected chi connectivity index (χ1v) is 3.95. The summed E-state index contributed by atoms with van der Waals surface area (Å²) in [7, 11) is 0. The maximum absolute atomic E-state index is 12.7. The molecule has 5 heteroatoms. The Morgan fingerprint density at radius 3 is 2.43 bits per heavy atom. The Hall–Kier alpha value is -0.510. The number of hydrogen-bond acceptors (Lipinski definition) is 2. The predicted molar refractivity (Wildman–Crippen MR) is 62.5 cm³/mol. The molecule has 0 fully saturated rings. The van der Waals surface area contributed by atoms with E-state index in [1.54, 1.807) is 6.07 Å². The van der Waals surface area contributed by atoms with Crippen molar-refractivity contribution in [2.75, 3.05) is 5.73 Å². The number of hydrogen-bond donors (Lipinski definition) is 2. The summed E-state index contributed by atoms with van der Waals surface area (Å²) in [5.41, 5.74) is 12.6. The lowest BCUT2D eigenvalue weighted by atomic mass is 10.0. The van der Waals surface area contributed by atoms with Crippen molar-refractivity contribution in [3.63, 3.8) is 0 Å². The van der Waals surface area contributed by atoms with Crippen LogP contribution >= 0.6 is 24.8 Å². The molecule has 0 aliphatic carbocycles. The highest BCUT2D eigenvalue weighted by Crippen LogP contribution is 2.21. The highest BCUT2D eigenvalue weighted by Gasteiger charge is 2.07. The van der Waals surface area contributed by atoms with Crippen LogP contribution in [-0.2, 0) is 0 Å².